The maximum absolute atomic E-state index is 14.7. The number of hydrogen-bond donors (Lipinski definition) is 2. The van der Waals surface area contributed by atoms with E-state index in [1.54, 1.807) is 20.2 Å². The molecule has 2 N–H and O–H groups in total. The lowest BCUT2D eigenvalue weighted by Crippen LogP contribution is -2.52. The van der Waals surface area contributed by atoms with Crippen LogP contribution in [0.5, 0.6) is 0 Å². The van der Waals surface area contributed by atoms with Crippen LogP contribution in [-0.2, 0) is 4.79 Å². The summed E-state index contributed by atoms with van der Waals surface area (Å²) in [6.45, 7) is 20.2. The monoisotopic (exact) mass is 567 g/mol. The first-order valence-electron chi connectivity index (χ1n) is 14.6. The van der Waals surface area contributed by atoms with Gasteiger partial charge in [0.1, 0.15) is 11.7 Å². The Bertz CT molecular complexity index is 895. The summed E-state index contributed by atoms with van der Waals surface area (Å²) in [7, 11) is 3.68. The van der Waals surface area contributed by atoms with Crippen LogP contribution >= 0.6 is 11.6 Å². The van der Waals surface area contributed by atoms with Crippen LogP contribution in [0.3, 0.4) is 0 Å². The molecular formula is C31H55ClFN5O. The third-order valence-corrected chi connectivity index (χ3v) is 7.71. The molecule has 0 radical (unpaired) electrons. The van der Waals surface area contributed by atoms with Crippen LogP contribution in [0.2, 0.25) is 0 Å². The van der Waals surface area contributed by atoms with Crippen molar-refractivity contribution in [3.8, 4) is 0 Å². The zero-order chi connectivity index (χ0) is 30.0. The number of halogens is 2. The number of amides is 1. The summed E-state index contributed by atoms with van der Waals surface area (Å²) in [5.41, 5.74) is 1.32. The molecule has 224 valence electrons. The molecule has 0 aromatic rings. The Labute approximate surface area is 243 Å². The highest BCUT2D eigenvalue weighted by Crippen LogP contribution is 2.29. The minimum Gasteiger partial charge on any atom is -0.355 e. The van der Waals surface area contributed by atoms with Crippen molar-refractivity contribution < 1.29 is 9.18 Å². The van der Waals surface area contributed by atoms with Crippen molar-refractivity contribution in [3.05, 3.63) is 46.4 Å². The van der Waals surface area contributed by atoms with Gasteiger partial charge in [0.2, 0.25) is 5.91 Å². The first kappa shape index (κ1) is 37.0. The Morgan fingerprint density at radius 1 is 1.28 bits per heavy atom. The number of carbonyl (C=O) groups is 1. The predicted molar refractivity (Wildman–Crippen MR) is 168 cm³/mol. The fourth-order valence-electron chi connectivity index (χ4n) is 4.69. The minimum absolute atomic E-state index is 0.0298. The van der Waals surface area contributed by atoms with Gasteiger partial charge in [0, 0.05) is 55.6 Å². The van der Waals surface area contributed by atoms with Crippen molar-refractivity contribution in [1.82, 2.24) is 20.4 Å². The highest BCUT2D eigenvalue weighted by Gasteiger charge is 2.37. The Morgan fingerprint density at radius 3 is 2.49 bits per heavy atom. The molecule has 1 aliphatic heterocycles. The summed E-state index contributed by atoms with van der Waals surface area (Å²) < 4.78 is 14.7. The first-order chi connectivity index (χ1) is 18.6. The average Bonchev–Trinajstić information content (AvgIpc) is 3.11. The van der Waals surface area contributed by atoms with E-state index in [0.717, 1.165) is 50.4 Å². The van der Waals surface area contributed by atoms with Crippen molar-refractivity contribution in [2.24, 2.45) is 10.9 Å². The number of aliphatic imine (C=N–C) groups is 1. The summed E-state index contributed by atoms with van der Waals surface area (Å²) in [5.74, 6) is 0.876. The molecule has 0 spiro atoms. The smallest absolute Gasteiger partial charge is 0.248 e. The van der Waals surface area contributed by atoms with Crippen molar-refractivity contribution in [3.63, 3.8) is 0 Å². The summed E-state index contributed by atoms with van der Waals surface area (Å²) in [6, 6.07) is 0. The Balaban J connectivity index is 0.00000704. The van der Waals surface area contributed by atoms with E-state index in [9.17, 15) is 9.18 Å². The molecule has 0 aromatic heterocycles. The quantitative estimate of drug-likeness (QED) is 0.118. The fourth-order valence-corrected chi connectivity index (χ4v) is 4.79. The molecule has 0 bridgehead atoms. The number of nitrogens with one attached hydrogen (secondary N) is 2. The number of allylic oxidation sites excluding steroid dienone is 4. The van der Waals surface area contributed by atoms with Crippen LogP contribution in [0.4, 0.5) is 4.39 Å². The van der Waals surface area contributed by atoms with Gasteiger partial charge in [0.25, 0.3) is 0 Å². The second kappa shape index (κ2) is 20.0. The summed E-state index contributed by atoms with van der Waals surface area (Å²) in [6.07, 6.45) is 10.3. The lowest BCUT2D eigenvalue weighted by Gasteiger charge is -2.40. The first-order valence-corrected chi connectivity index (χ1v) is 15.0. The normalized spacial score (nSPS) is 21.9. The van der Waals surface area contributed by atoms with Crippen LogP contribution < -0.4 is 10.6 Å². The number of amidine groups is 1. The third-order valence-electron chi connectivity index (χ3n) is 7.33. The molecule has 2 unspecified atom stereocenters. The fraction of sp³-hybridized carbons (Fsp3) is 0.677. The predicted octanol–water partition coefficient (Wildman–Crippen LogP) is 6.82. The van der Waals surface area contributed by atoms with Gasteiger partial charge >= 0.3 is 0 Å². The molecule has 1 heterocycles. The second-order valence-electron chi connectivity index (χ2n) is 9.90. The molecule has 1 rings (SSSR count). The van der Waals surface area contributed by atoms with E-state index in [2.05, 4.69) is 46.3 Å². The molecule has 1 amide bonds. The Kier molecular flexibility index (Phi) is 19.0. The van der Waals surface area contributed by atoms with Crippen LogP contribution in [0, 0.1) is 5.92 Å². The molecule has 2 atom stereocenters. The zero-order valence-corrected chi connectivity index (χ0v) is 27.0. The van der Waals surface area contributed by atoms with Crippen LogP contribution in [0.1, 0.15) is 81.1 Å². The van der Waals surface area contributed by atoms with Crippen molar-refractivity contribution in [2.45, 2.75) is 86.6 Å². The van der Waals surface area contributed by atoms with Gasteiger partial charge in [-0.25, -0.2) is 9.38 Å². The van der Waals surface area contributed by atoms with Gasteiger partial charge < -0.3 is 20.4 Å². The van der Waals surface area contributed by atoms with Crippen molar-refractivity contribution in [2.75, 3.05) is 46.8 Å². The minimum atomic E-state index is -0.209. The van der Waals surface area contributed by atoms with Crippen LogP contribution in [0.25, 0.3) is 0 Å². The SMILES string of the molecule is CC.C\C=C/C(=N\C=C(/C)C(=O)NC)N1CCNC(CC)(CCN(C)C/C(CC)=C(F)/C=C(/Cl)CC)C(C)C1. The van der Waals surface area contributed by atoms with Gasteiger partial charge in [-0.2, -0.15) is 0 Å². The standard InChI is InChI=1S/C29H49ClFN5O.C2H6/c1-9-13-27(33-19-22(5)28(37)32-7)36-17-15-34-29(12-4,23(6)20-36)14-16-35(8)21-24(10-2)26(31)18-25(30)11-3;1-2/h9,13,18-19,23,34H,10-12,14-17,20-21H2,1-8H3,(H,32,37);1-2H3/b13-9-,22-19+,25-18+,26-24-,33-27+;. The highest BCUT2D eigenvalue weighted by molar-refractivity contribution is 6.29. The lowest BCUT2D eigenvalue weighted by atomic mass is 9.79. The second-order valence-corrected chi connectivity index (χ2v) is 10.4. The van der Waals surface area contributed by atoms with Crippen LogP contribution in [0.15, 0.2) is 51.4 Å². The molecule has 1 aliphatic rings. The number of carbonyl (C=O) groups excluding carboxylic acids is 1. The van der Waals surface area contributed by atoms with Crippen LogP contribution in [-0.4, -0.2) is 73.9 Å². The van der Waals surface area contributed by atoms with E-state index in [0.29, 0.717) is 35.9 Å². The third kappa shape index (κ3) is 12.4. The van der Waals surface area contributed by atoms with Gasteiger partial charge in [0.05, 0.1) is 0 Å². The van der Waals surface area contributed by atoms with E-state index in [4.69, 9.17) is 11.6 Å². The van der Waals surface area contributed by atoms with E-state index >= 15 is 0 Å². The molecule has 8 heteroatoms. The molecular weight excluding hydrogens is 513 g/mol. The molecule has 1 fully saturated rings. The van der Waals surface area contributed by atoms with E-state index in [1.165, 1.54) is 6.08 Å². The summed E-state index contributed by atoms with van der Waals surface area (Å²) >= 11 is 6.07. The van der Waals surface area contributed by atoms with Crippen molar-refractivity contribution >= 4 is 23.3 Å². The van der Waals surface area contributed by atoms with E-state index in [-0.39, 0.29) is 17.3 Å². The number of likely N-dealkylation sites (N-methyl/N-ethyl adjacent to an activating group) is 2. The average molecular weight is 568 g/mol. The summed E-state index contributed by atoms with van der Waals surface area (Å²) in [5, 5.41) is 7.03. The van der Waals surface area contributed by atoms with Gasteiger partial charge in [-0.3, -0.25) is 4.79 Å². The molecule has 6 nitrogen and oxygen atoms in total. The molecule has 39 heavy (non-hydrogen) atoms. The molecule has 0 saturated carbocycles. The largest absolute Gasteiger partial charge is 0.355 e. The molecule has 0 aromatic carbocycles. The van der Waals surface area contributed by atoms with E-state index in [1.807, 2.05) is 46.8 Å². The molecule has 1 saturated heterocycles. The van der Waals surface area contributed by atoms with E-state index < -0.39 is 0 Å². The van der Waals surface area contributed by atoms with Gasteiger partial charge in [-0.15, -0.1) is 0 Å². The summed E-state index contributed by atoms with van der Waals surface area (Å²) in [4.78, 5) is 21.0. The zero-order valence-electron chi connectivity index (χ0n) is 26.3. The highest BCUT2D eigenvalue weighted by atomic mass is 35.5. The van der Waals surface area contributed by atoms with Gasteiger partial charge in [-0.05, 0) is 76.8 Å². The Hall–Kier alpha value is -1.96. The Morgan fingerprint density at radius 2 is 1.95 bits per heavy atom. The lowest BCUT2D eigenvalue weighted by molar-refractivity contribution is -0.117. The number of hydrogen-bond acceptors (Lipinski definition) is 4. The molecule has 0 aliphatic carbocycles. The topological polar surface area (TPSA) is 60.0 Å². The van der Waals surface area contributed by atoms with Crippen molar-refractivity contribution in [1.29, 1.82) is 0 Å². The number of nitrogens with zero attached hydrogens (tertiary/aromatic N) is 3. The van der Waals surface area contributed by atoms with Gasteiger partial charge in [-0.1, -0.05) is 59.2 Å². The number of rotatable bonds is 12. The van der Waals surface area contributed by atoms with Gasteiger partial charge in [0.15, 0.2) is 0 Å². The maximum atomic E-state index is 14.7. The maximum Gasteiger partial charge on any atom is 0.248 e.